The molecule has 0 aliphatic heterocycles. The Labute approximate surface area is 114 Å². The first kappa shape index (κ1) is 13.9. The minimum absolute atomic E-state index is 0.123. The number of hydrogen-bond donors (Lipinski definition) is 1. The highest BCUT2D eigenvalue weighted by atomic mass is 16.5. The molecule has 0 radical (unpaired) electrons. The van der Waals surface area contributed by atoms with Crippen molar-refractivity contribution in [1.29, 1.82) is 0 Å². The number of esters is 1. The summed E-state index contributed by atoms with van der Waals surface area (Å²) in [5.74, 6) is -0.238. The molecule has 0 heterocycles. The maximum Gasteiger partial charge on any atom is 0.325 e. The number of carbonyl (C=O) groups excluding carboxylic acids is 1. The molecule has 0 amide bonds. The summed E-state index contributed by atoms with van der Waals surface area (Å²) in [4.78, 5) is 11.3. The van der Waals surface area contributed by atoms with Gasteiger partial charge in [-0.25, -0.2) is 0 Å². The SMILES string of the molecule is CCOC(=O)CNc1cccc(C2(OC)CCC2)c1. The topological polar surface area (TPSA) is 47.6 Å². The molecule has 1 aromatic rings. The Bertz CT molecular complexity index is 435. The van der Waals surface area contributed by atoms with Crippen LogP contribution in [0.1, 0.15) is 31.7 Å². The molecule has 2 rings (SSSR count). The van der Waals surface area contributed by atoms with Crippen LogP contribution >= 0.6 is 0 Å². The second kappa shape index (κ2) is 6.06. The van der Waals surface area contributed by atoms with E-state index in [1.165, 1.54) is 12.0 Å². The Morgan fingerprint density at radius 2 is 2.21 bits per heavy atom. The van der Waals surface area contributed by atoms with Crippen molar-refractivity contribution < 1.29 is 14.3 Å². The van der Waals surface area contributed by atoms with Gasteiger partial charge in [0, 0.05) is 12.8 Å². The van der Waals surface area contributed by atoms with Gasteiger partial charge in [0.05, 0.1) is 12.2 Å². The van der Waals surface area contributed by atoms with Crippen LogP contribution < -0.4 is 5.32 Å². The Hall–Kier alpha value is -1.55. The third-order valence-corrected chi connectivity index (χ3v) is 3.68. The van der Waals surface area contributed by atoms with Gasteiger partial charge in [0.25, 0.3) is 0 Å². The van der Waals surface area contributed by atoms with Crippen LogP contribution in [0.5, 0.6) is 0 Å². The van der Waals surface area contributed by atoms with E-state index in [0.717, 1.165) is 18.5 Å². The Balaban J connectivity index is 2.01. The summed E-state index contributed by atoms with van der Waals surface area (Å²) in [6.07, 6.45) is 3.32. The lowest BCUT2D eigenvalue weighted by atomic mass is 9.75. The zero-order chi connectivity index (χ0) is 13.7. The average Bonchev–Trinajstić information content (AvgIpc) is 2.37. The van der Waals surface area contributed by atoms with E-state index in [-0.39, 0.29) is 18.1 Å². The van der Waals surface area contributed by atoms with Gasteiger partial charge in [0.1, 0.15) is 6.54 Å². The van der Waals surface area contributed by atoms with E-state index >= 15 is 0 Å². The smallest absolute Gasteiger partial charge is 0.325 e. The lowest BCUT2D eigenvalue weighted by Crippen LogP contribution is -2.36. The van der Waals surface area contributed by atoms with Gasteiger partial charge in [0.2, 0.25) is 0 Å². The molecule has 0 unspecified atom stereocenters. The monoisotopic (exact) mass is 263 g/mol. The van der Waals surface area contributed by atoms with Gasteiger partial charge in [-0.05, 0) is 43.9 Å². The fourth-order valence-corrected chi connectivity index (χ4v) is 2.41. The second-order valence-corrected chi connectivity index (χ2v) is 4.79. The molecule has 1 aliphatic carbocycles. The van der Waals surface area contributed by atoms with Crippen LogP contribution in [-0.2, 0) is 19.9 Å². The van der Waals surface area contributed by atoms with Crippen molar-refractivity contribution in [1.82, 2.24) is 0 Å². The molecular weight excluding hydrogens is 242 g/mol. The standard InChI is InChI=1S/C15H21NO3/c1-3-19-14(17)11-16-13-7-4-6-12(10-13)15(18-2)8-5-9-15/h4,6-7,10,16H,3,5,8-9,11H2,1-2H3. The van der Waals surface area contributed by atoms with Crippen LogP contribution in [0.3, 0.4) is 0 Å². The molecule has 1 fully saturated rings. The predicted molar refractivity (Wildman–Crippen MR) is 74.1 cm³/mol. The zero-order valence-corrected chi connectivity index (χ0v) is 11.6. The van der Waals surface area contributed by atoms with Gasteiger partial charge in [-0.15, -0.1) is 0 Å². The number of hydrogen-bond acceptors (Lipinski definition) is 4. The van der Waals surface area contributed by atoms with Crippen LogP contribution in [0.15, 0.2) is 24.3 Å². The third kappa shape index (κ3) is 3.07. The summed E-state index contributed by atoms with van der Waals surface area (Å²) in [6, 6.07) is 8.08. The normalized spacial score (nSPS) is 16.5. The van der Waals surface area contributed by atoms with Crippen molar-refractivity contribution in [3.8, 4) is 0 Å². The molecular formula is C15H21NO3. The van der Waals surface area contributed by atoms with Crippen LogP contribution in [0, 0.1) is 0 Å². The molecule has 1 saturated carbocycles. The molecule has 0 saturated heterocycles. The first-order valence-corrected chi connectivity index (χ1v) is 6.75. The molecule has 4 heteroatoms. The molecule has 19 heavy (non-hydrogen) atoms. The van der Waals surface area contributed by atoms with E-state index < -0.39 is 0 Å². The van der Waals surface area contributed by atoms with Gasteiger partial charge in [-0.1, -0.05) is 12.1 Å². The highest BCUT2D eigenvalue weighted by Crippen LogP contribution is 2.44. The summed E-state index contributed by atoms with van der Waals surface area (Å²) < 4.78 is 10.5. The van der Waals surface area contributed by atoms with Crippen LogP contribution in [0.25, 0.3) is 0 Å². The van der Waals surface area contributed by atoms with Crippen molar-refractivity contribution in [2.75, 3.05) is 25.6 Å². The third-order valence-electron chi connectivity index (χ3n) is 3.68. The van der Waals surface area contributed by atoms with Gasteiger partial charge >= 0.3 is 5.97 Å². The second-order valence-electron chi connectivity index (χ2n) is 4.79. The number of carbonyl (C=O) groups is 1. The molecule has 1 aliphatic rings. The van der Waals surface area contributed by atoms with E-state index in [0.29, 0.717) is 6.61 Å². The van der Waals surface area contributed by atoms with Crippen molar-refractivity contribution in [3.05, 3.63) is 29.8 Å². The summed E-state index contributed by atoms with van der Waals surface area (Å²) in [7, 11) is 1.76. The molecule has 0 spiro atoms. The molecule has 104 valence electrons. The summed E-state index contributed by atoms with van der Waals surface area (Å²) >= 11 is 0. The van der Waals surface area contributed by atoms with Gasteiger partial charge in [0.15, 0.2) is 0 Å². The average molecular weight is 263 g/mol. The largest absolute Gasteiger partial charge is 0.465 e. The minimum atomic E-state index is -0.238. The van der Waals surface area contributed by atoms with E-state index in [1.807, 2.05) is 12.1 Å². The van der Waals surface area contributed by atoms with Gasteiger partial charge < -0.3 is 14.8 Å². The Morgan fingerprint density at radius 3 is 2.79 bits per heavy atom. The van der Waals surface area contributed by atoms with E-state index in [4.69, 9.17) is 9.47 Å². The van der Waals surface area contributed by atoms with E-state index in [2.05, 4.69) is 17.4 Å². The van der Waals surface area contributed by atoms with Crippen molar-refractivity contribution in [3.63, 3.8) is 0 Å². The zero-order valence-electron chi connectivity index (χ0n) is 11.6. The number of methoxy groups -OCH3 is 1. The van der Waals surface area contributed by atoms with E-state index in [1.54, 1.807) is 14.0 Å². The number of nitrogens with one attached hydrogen (secondary N) is 1. The van der Waals surface area contributed by atoms with Gasteiger partial charge in [-0.2, -0.15) is 0 Å². The van der Waals surface area contributed by atoms with Crippen molar-refractivity contribution in [2.24, 2.45) is 0 Å². The number of rotatable bonds is 6. The number of anilines is 1. The fourth-order valence-electron chi connectivity index (χ4n) is 2.41. The van der Waals surface area contributed by atoms with Crippen molar-refractivity contribution >= 4 is 11.7 Å². The maximum atomic E-state index is 11.3. The molecule has 0 aromatic heterocycles. The van der Waals surface area contributed by atoms with Crippen LogP contribution in [0.4, 0.5) is 5.69 Å². The van der Waals surface area contributed by atoms with Crippen LogP contribution in [0.2, 0.25) is 0 Å². The summed E-state index contributed by atoms with van der Waals surface area (Å²) in [5, 5.41) is 3.08. The quantitative estimate of drug-likeness (QED) is 0.802. The molecule has 1 N–H and O–H groups in total. The molecule has 0 bridgehead atoms. The lowest BCUT2D eigenvalue weighted by molar-refractivity contribution is -0.140. The summed E-state index contributed by atoms with van der Waals surface area (Å²) in [6.45, 7) is 2.40. The highest BCUT2D eigenvalue weighted by molar-refractivity contribution is 5.75. The van der Waals surface area contributed by atoms with Crippen molar-refractivity contribution in [2.45, 2.75) is 31.8 Å². The first-order chi connectivity index (χ1) is 9.20. The fraction of sp³-hybridized carbons (Fsp3) is 0.533. The minimum Gasteiger partial charge on any atom is -0.465 e. The number of ether oxygens (including phenoxy) is 2. The predicted octanol–water partition coefficient (Wildman–Crippen LogP) is 2.69. The van der Waals surface area contributed by atoms with E-state index in [9.17, 15) is 4.79 Å². The first-order valence-electron chi connectivity index (χ1n) is 6.75. The lowest BCUT2D eigenvalue weighted by Gasteiger charge is -2.41. The highest BCUT2D eigenvalue weighted by Gasteiger charge is 2.38. The van der Waals surface area contributed by atoms with Gasteiger partial charge in [-0.3, -0.25) is 4.79 Å². The maximum absolute atomic E-state index is 11.3. The Morgan fingerprint density at radius 1 is 1.42 bits per heavy atom. The Kier molecular flexibility index (Phi) is 4.43. The van der Waals surface area contributed by atoms with Crippen LogP contribution in [-0.4, -0.2) is 26.2 Å². The summed E-state index contributed by atoms with van der Waals surface area (Å²) in [5.41, 5.74) is 1.98. The molecule has 0 atom stereocenters. The molecule has 1 aromatic carbocycles. The number of benzene rings is 1. The molecule has 4 nitrogen and oxygen atoms in total.